The van der Waals surface area contributed by atoms with Crippen molar-refractivity contribution in [3.8, 4) is 0 Å². The summed E-state index contributed by atoms with van der Waals surface area (Å²) in [5.41, 5.74) is 3.20. The first-order chi connectivity index (χ1) is 10.8. The highest BCUT2D eigenvalue weighted by Crippen LogP contribution is 2.31. The minimum atomic E-state index is -0.254. The van der Waals surface area contributed by atoms with Gasteiger partial charge in [0, 0.05) is 16.8 Å². The highest BCUT2D eigenvalue weighted by molar-refractivity contribution is 7.22. The van der Waals surface area contributed by atoms with E-state index >= 15 is 0 Å². The third-order valence-corrected chi connectivity index (χ3v) is 4.65. The number of carbonyl (C=O) groups excluding carboxylic acids is 1. The van der Waals surface area contributed by atoms with Crippen LogP contribution in [0.25, 0.3) is 10.2 Å². The van der Waals surface area contributed by atoms with Crippen molar-refractivity contribution in [3.63, 3.8) is 0 Å². The van der Waals surface area contributed by atoms with Crippen molar-refractivity contribution in [2.45, 2.75) is 33.7 Å². The molecule has 0 spiro atoms. The normalized spacial score (nSPS) is 11.4. The number of thiazole rings is 1. The van der Waals surface area contributed by atoms with Gasteiger partial charge in [-0.1, -0.05) is 22.9 Å². The molecule has 0 unspecified atom stereocenters. The molecule has 0 saturated carbocycles. The lowest BCUT2D eigenvalue weighted by molar-refractivity contribution is 0.102. The molecule has 1 aromatic carbocycles. The molecule has 1 amide bonds. The van der Waals surface area contributed by atoms with E-state index in [1.807, 2.05) is 44.5 Å². The Bertz CT molecular complexity index is 897. The monoisotopic (exact) mass is 348 g/mol. The maximum atomic E-state index is 12.4. The Morgan fingerprint density at radius 1 is 1.30 bits per heavy atom. The topological polar surface area (TPSA) is 59.8 Å². The Hall–Kier alpha value is -1.92. The number of fused-ring (bicyclic) bond motifs is 1. The fraction of sp³-hybridized carbons (Fsp3) is 0.312. The number of amides is 1. The van der Waals surface area contributed by atoms with Crippen LogP contribution in [0.3, 0.4) is 0 Å². The lowest BCUT2D eigenvalue weighted by atomic mass is 10.2. The molecule has 7 heteroatoms. The molecule has 23 heavy (non-hydrogen) atoms. The fourth-order valence-corrected chi connectivity index (χ4v) is 3.81. The summed E-state index contributed by atoms with van der Waals surface area (Å²) < 4.78 is 2.78. The molecular weight excluding hydrogens is 332 g/mol. The molecule has 0 bridgehead atoms. The maximum absolute atomic E-state index is 12.4. The summed E-state index contributed by atoms with van der Waals surface area (Å²) in [5.74, 6) is -0.254. The van der Waals surface area contributed by atoms with Gasteiger partial charge in [-0.3, -0.25) is 14.8 Å². The minimum absolute atomic E-state index is 0.212. The van der Waals surface area contributed by atoms with Crippen LogP contribution in [-0.2, 0) is 0 Å². The fourth-order valence-electron chi connectivity index (χ4n) is 2.49. The van der Waals surface area contributed by atoms with Gasteiger partial charge >= 0.3 is 0 Å². The van der Waals surface area contributed by atoms with Crippen molar-refractivity contribution in [1.29, 1.82) is 0 Å². The molecule has 3 aromatic rings. The number of aromatic nitrogens is 3. The number of hydrogen-bond donors (Lipinski definition) is 1. The predicted octanol–water partition coefficient (Wildman–Crippen LogP) is 4.60. The third kappa shape index (κ3) is 3.09. The van der Waals surface area contributed by atoms with Crippen LogP contribution in [0.4, 0.5) is 5.13 Å². The molecule has 0 saturated heterocycles. The Morgan fingerprint density at radius 3 is 2.70 bits per heavy atom. The largest absolute Gasteiger partial charge is 0.296 e. The predicted molar refractivity (Wildman–Crippen MR) is 94.7 cm³/mol. The van der Waals surface area contributed by atoms with E-state index in [0.717, 1.165) is 21.5 Å². The van der Waals surface area contributed by atoms with E-state index in [1.165, 1.54) is 11.3 Å². The number of anilines is 1. The van der Waals surface area contributed by atoms with E-state index < -0.39 is 0 Å². The van der Waals surface area contributed by atoms with E-state index in [4.69, 9.17) is 11.6 Å². The Morgan fingerprint density at radius 2 is 2.04 bits per heavy atom. The first-order valence-corrected chi connectivity index (χ1v) is 8.49. The van der Waals surface area contributed by atoms with Crippen molar-refractivity contribution in [1.82, 2.24) is 14.8 Å². The zero-order valence-electron chi connectivity index (χ0n) is 13.3. The number of rotatable bonds is 3. The van der Waals surface area contributed by atoms with E-state index in [0.29, 0.717) is 15.8 Å². The smallest absolute Gasteiger partial charge is 0.277 e. The maximum Gasteiger partial charge on any atom is 0.277 e. The van der Waals surface area contributed by atoms with E-state index in [2.05, 4.69) is 15.4 Å². The SMILES string of the molecule is Cc1cc(Cl)cc2sc(NC(=O)c3cc(C)n(C(C)C)n3)nc12. The molecule has 0 fully saturated rings. The summed E-state index contributed by atoms with van der Waals surface area (Å²) in [6.07, 6.45) is 0. The number of carbonyl (C=O) groups is 1. The number of benzene rings is 1. The van der Waals surface area contributed by atoms with E-state index in [1.54, 1.807) is 6.07 Å². The summed E-state index contributed by atoms with van der Waals surface area (Å²) in [6.45, 7) is 7.95. The standard InChI is InChI=1S/C16H17ClN4OS/c1-8(2)21-10(4)6-12(20-21)15(22)19-16-18-14-9(3)5-11(17)7-13(14)23-16/h5-8H,1-4H3,(H,18,19,22). The molecule has 0 atom stereocenters. The van der Waals surface area contributed by atoms with Crippen LogP contribution in [-0.4, -0.2) is 20.7 Å². The Kier molecular flexibility index (Phi) is 4.12. The van der Waals surface area contributed by atoms with Crippen molar-refractivity contribution in [2.75, 3.05) is 5.32 Å². The van der Waals surface area contributed by atoms with Crippen LogP contribution in [0.2, 0.25) is 5.02 Å². The van der Waals surface area contributed by atoms with Gasteiger partial charge in [0.15, 0.2) is 10.8 Å². The zero-order valence-corrected chi connectivity index (χ0v) is 14.9. The molecule has 1 N–H and O–H groups in total. The van der Waals surface area contributed by atoms with E-state index in [-0.39, 0.29) is 11.9 Å². The van der Waals surface area contributed by atoms with Crippen LogP contribution in [0.1, 0.15) is 41.6 Å². The number of hydrogen-bond acceptors (Lipinski definition) is 4. The van der Waals surface area contributed by atoms with Gasteiger partial charge in [-0.25, -0.2) is 4.98 Å². The summed E-state index contributed by atoms with van der Waals surface area (Å²) in [4.78, 5) is 16.9. The van der Waals surface area contributed by atoms with Gasteiger partial charge in [-0.15, -0.1) is 0 Å². The summed E-state index contributed by atoms with van der Waals surface area (Å²) in [5, 5.41) is 8.39. The average molecular weight is 349 g/mol. The van der Waals surface area contributed by atoms with E-state index in [9.17, 15) is 4.79 Å². The number of halogens is 1. The molecule has 2 heterocycles. The molecule has 2 aromatic heterocycles. The lowest BCUT2D eigenvalue weighted by Gasteiger charge is -2.06. The first kappa shape index (κ1) is 16.0. The molecule has 120 valence electrons. The van der Waals surface area contributed by atoms with Crippen molar-refractivity contribution >= 4 is 44.2 Å². The highest BCUT2D eigenvalue weighted by Gasteiger charge is 2.16. The molecule has 0 radical (unpaired) electrons. The van der Waals surface area contributed by atoms with Gasteiger partial charge in [-0.2, -0.15) is 5.10 Å². The zero-order chi connectivity index (χ0) is 16.7. The lowest BCUT2D eigenvalue weighted by Crippen LogP contribution is -2.13. The number of nitrogens with one attached hydrogen (secondary N) is 1. The molecule has 0 aliphatic carbocycles. The molecule has 3 rings (SSSR count). The van der Waals surface area contributed by atoms with Crippen LogP contribution in [0.15, 0.2) is 18.2 Å². The van der Waals surface area contributed by atoms with Gasteiger partial charge in [0.25, 0.3) is 5.91 Å². The van der Waals surface area contributed by atoms with Crippen molar-refractivity contribution in [3.05, 3.63) is 40.2 Å². The van der Waals surface area contributed by atoms with Crippen LogP contribution >= 0.6 is 22.9 Å². The second-order valence-electron chi connectivity index (χ2n) is 5.75. The second kappa shape index (κ2) is 5.94. The Labute approximate surface area is 143 Å². The first-order valence-electron chi connectivity index (χ1n) is 7.29. The minimum Gasteiger partial charge on any atom is -0.296 e. The third-order valence-electron chi connectivity index (χ3n) is 3.51. The summed E-state index contributed by atoms with van der Waals surface area (Å²) >= 11 is 7.47. The highest BCUT2D eigenvalue weighted by atomic mass is 35.5. The second-order valence-corrected chi connectivity index (χ2v) is 7.22. The van der Waals surface area contributed by atoms with Gasteiger partial charge in [-0.05, 0) is 51.5 Å². The average Bonchev–Trinajstić information content (AvgIpc) is 3.02. The molecule has 5 nitrogen and oxygen atoms in total. The van der Waals surface area contributed by atoms with Crippen LogP contribution in [0.5, 0.6) is 0 Å². The molecule has 0 aliphatic rings. The Balaban J connectivity index is 1.88. The van der Waals surface area contributed by atoms with Gasteiger partial charge in [0.1, 0.15) is 0 Å². The van der Waals surface area contributed by atoms with Gasteiger partial charge < -0.3 is 0 Å². The van der Waals surface area contributed by atoms with Crippen LogP contribution in [0, 0.1) is 13.8 Å². The number of aryl methyl sites for hydroxylation is 2. The van der Waals surface area contributed by atoms with Crippen molar-refractivity contribution < 1.29 is 4.79 Å². The van der Waals surface area contributed by atoms with Crippen molar-refractivity contribution in [2.24, 2.45) is 0 Å². The molecule has 0 aliphatic heterocycles. The summed E-state index contributed by atoms with van der Waals surface area (Å²) in [7, 11) is 0. The quantitative estimate of drug-likeness (QED) is 0.752. The van der Waals surface area contributed by atoms with Gasteiger partial charge in [0.05, 0.1) is 10.2 Å². The van der Waals surface area contributed by atoms with Gasteiger partial charge in [0.2, 0.25) is 0 Å². The van der Waals surface area contributed by atoms with Crippen LogP contribution < -0.4 is 5.32 Å². The number of nitrogens with zero attached hydrogens (tertiary/aromatic N) is 3. The molecular formula is C16H17ClN4OS. The summed E-state index contributed by atoms with van der Waals surface area (Å²) in [6, 6.07) is 5.71.